The van der Waals surface area contributed by atoms with Crippen molar-refractivity contribution in [2.75, 3.05) is 19.8 Å². The van der Waals surface area contributed by atoms with Gasteiger partial charge in [-0.2, -0.15) is 0 Å². The van der Waals surface area contributed by atoms with Crippen molar-refractivity contribution >= 4 is 0 Å². The Morgan fingerprint density at radius 1 is 1.25 bits per heavy atom. The highest BCUT2D eigenvalue weighted by Crippen LogP contribution is 2.58. The van der Waals surface area contributed by atoms with Gasteiger partial charge < -0.3 is 10.5 Å². The molecule has 0 radical (unpaired) electrons. The summed E-state index contributed by atoms with van der Waals surface area (Å²) in [6.07, 6.45) is 5.28. The lowest BCUT2D eigenvalue weighted by Crippen LogP contribution is -2.60. The first kappa shape index (κ1) is 8.52. The van der Waals surface area contributed by atoms with E-state index in [2.05, 4.69) is 6.92 Å². The van der Waals surface area contributed by atoms with Crippen molar-refractivity contribution in [1.82, 2.24) is 0 Å². The van der Waals surface area contributed by atoms with Gasteiger partial charge in [0.15, 0.2) is 0 Å². The average molecular weight is 169 g/mol. The molecule has 0 aromatic heterocycles. The summed E-state index contributed by atoms with van der Waals surface area (Å²) in [5.41, 5.74) is 6.80. The summed E-state index contributed by atoms with van der Waals surface area (Å²) in [7, 11) is 0. The van der Waals surface area contributed by atoms with Gasteiger partial charge >= 0.3 is 0 Å². The van der Waals surface area contributed by atoms with Crippen LogP contribution in [0.25, 0.3) is 0 Å². The maximum Gasteiger partial charge on any atom is 0.0550 e. The molecular formula is C10H19NO. The van der Waals surface area contributed by atoms with E-state index >= 15 is 0 Å². The van der Waals surface area contributed by atoms with Crippen molar-refractivity contribution < 1.29 is 4.74 Å². The molecule has 1 aliphatic carbocycles. The normalized spacial score (nSPS) is 30.5. The molecule has 0 spiro atoms. The van der Waals surface area contributed by atoms with Gasteiger partial charge in [0, 0.05) is 5.41 Å². The Morgan fingerprint density at radius 2 is 1.92 bits per heavy atom. The highest BCUT2D eigenvalue weighted by molar-refractivity contribution is 5.06. The summed E-state index contributed by atoms with van der Waals surface area (Å²) >= 11 is 0. The molecule has 2 nitrogen and oxygen atoms in total. The van der Waals surface area contributed by atoms with Gasteiger partial charge in [-0.15, -0.1) is 0 Å². The Labute approximate surface area is 74.5 Å². The first-order valence-electron chi connectivity index (χ1n) is 5.06. The molecule has 1 aliphatic heterocycles. The second kappa shape index (κ2) is 2.71. The van der Waals surface area contributed by atoms with E-state index in [0.29, 0.717) is 10.8 Å². The van der Waals surface area contributed by atoms with Crippen LogP contribution in [0.5, 0.6) is 0 Å². The van der Waals surface area contributed by atoms with Gasteiger partial charge in [-0.3, -0.25) is 0 Å². The van der Waals surface area contributed by atoms with Crippen LogP contribution in [0.2, 0.25) is 0 Å². The highest BCUT2D eigenvalue weighted by Gasteiger charge is 2.56. The zero-order valence-corrected chi connectivity index (χ0v) is 7.94. The summed E-state index contributed by atoms with van der Waals surface area (Å²) in [5, 5.41) is 0. The number of hydrogen-bond acceptors (Lipinski definition) is 2. The highest BCUT2D eigenvalue weighted by atomic mass is 16.5. The molecular weight excluding hydrogens is 150 g/mol. The quantitative estimate of drug-likeness (QED) is 0.695. The van der Waals surface area contributed by atoms with Crippen LogP contribution in [0.4, 0.5) is 0 Å². The van der Waals surface area contributed by atoms with E-state index < -0.39 is 0 Å². The second-order valence-corrected chi connectivity index (χ2v) is 4.46. The molecule has 2 rings (SSSR count). The molecule has 0 unspecified atom stereocenters. The molecule has 0 aromatic carbocycles. The van der Waals surface area contributed by atoms with E-state index in [0.717, 1.165) is 19.8 Å². The lowest BCUT2D eigenvalue weighted by Gasteiger charge is -2.59. The van der Waals surface area contributed by atoms with Crippen LogP contribution in [0.1, 0.15) is 32.6 Å². The Kier molecular flexibility index (Phi) is 1.92. The molecule has 2 heteroatoms. The Hall–Kier alpha value is -0.0800. The summed E-state index contributed by atoms with van der Waals surface area (Å²) in [4.78, 5) is 0. The zero-order valence-electron chi connectivity index (χ0n) is 7.94. The topological polar surface area (TPSA) is 35.2 Å². The van der Waals surface area contributed by atoms with Crippen LogP contribution in [-0.4, -0.2) is 19.8 Å². The predicted octanol–water partition coefficient (Wildman–Crippen LogP) is 1.54. The maximum absolute atomic E-state index is 5.88. The molecule has 1 heterocycles. The van der Waals surface area contributed by atoms with Crippen molar-refractivity contribution in [3.8, 4) is 0 Å². The third-order valence-corrected chi connectivity index (χ3v) is 4.26. The monoisotopic (exact) mass is 169 g/mol. The zero-order chi connectivity index (χ0) is 8.66. The smallest absolute Gasteiger partial charge is 0.0550 e. The van der Waals surface area contributed by atoms with Crippen LogP contribution in [0, 0.1) is 10.8 Å². The van der Waals surface area contributed by atoms with E-state index in [1.54, 1.807) is 0 Å². The van der Waals surface area contributed by atoms with Crippen molar-refractivity contribution in [2.24, 2.45) is 16.6 Å². The molecule has 2 N–H and O–H groups in total. The molecule has 2 aliphatic rings. The van der Waals surface area contributed by atoms with Crippen molar-refractivity contribution in [1.29, 1.82) is 0 Å². The van der Waals surface area contributed by atoms with E-state index in [4.69, 9.17) is 10.5 Å². The fraction of sp³-hybridized carbons (Fsp3) is 1.00. The standard InChI is InChI=1S/C10H19NO/c1-2-9(7-12-8-9)10(6-11)4-3-5-10/h2-8,11H2,1H3. The third kappa shape index (κ3) is 0.826. The SMILES string of the molecule is CCC1(C2(CN)CCC2)COC1. The average Bonchev–Trinajstić information content (AvgIpc) is 1.92. The Balaban J connectivity index is 2.13. The summed E-state index contributed by atoms with van der Waals surface area (Å²) < 4.78 is 5.36. The molecule has 0 aromatic rings. The minimum absolute atomic E-state index is 0.458. The van der Waals surface area contributed by atoms with Gasteiger partial charge in [0.1, 0.15) is 0 Å². The van der Waals surface area contributed by atoms with Crippen molar-refractivity contribution in [2.45, 2.75) is 32.6 Å². The molecule has 1 saturated heterocycles. The van der Waals surface area contributed by atoms with E-state index in [1.165, 1.54) is 25.7 Å². The molecule has 12 heavy (non-hydrogen) atoms. The van der Waals surface area contributed by atoms with E-state index in [-0.39, 0.29) is 0 Å². The van der Waals surface area contributed by atoms with Crippen LogP contribution in [0.3, 0.4) is 0 Å². The number of nitrogens with two attached hydrogens (primary N) is 1. The minimum Gasteiger partial charge on any atom is -0.380 e. The predicted molar refractivity (Wildman–Crippen MR) is 48.9 cm³/mol. The Bertz CT molecular complexity index is 140. The first-order valence-corrected chi connectivity index (χ1v) is 5.06. The van der Waals surface area contributed by atoms with E-state index in [1.807, 2.05) is 0 Å². The van der Waals surface area contributed by atoms with E-state index in [9.17, 15) is 0 Å². The molecule has 70 valence electrons. The fourth-order valence-corrected chi connectivity index (χ4v) is 2.79. The Morgan fingerprint density at radius 3 is 2.00 bits per heavy atom. The minimum atomic E-state index is 0.458. The lowest BCUT2D eigenvalue weighted by molar-refractivity contribution is -0.209. The van der Waals surface area contributed by atoms with Crippen LogP contribution in [0.15, 0.2) is 0 Å². The van der Waals surface area contributed by atoms with Gasteiger partial charge in [0.2, 0.25) is 0 Å². The van der Waals surface area contributed by atoms with Gasteiger partial charge in [-0.05, 0) is 31.2 Å². The number of ether oxygens (including phenoxy) is 1. The maximum atomic E-state index is 5.88. The van der Waals surface area contributed by atoms with Crippen LogP contribution < -0.4 is 5.73 Å². The van der Waals surface area contributed by atoms with Gasteiger partial charge in [-0.1, -0.05) is 13.3 Å². The summed E-state index contributed by atoms with van der Waals surface area (Å²) in [5.74, 6) is 0. The van der Waals surface area contributed by atoms with Crippen LogP contribution >= 0.6 is 0 Å². The van der Waals surface area contributed by atoms with Crippen molar-refractivity contribution in [3.05, 3.63) is 0 Å². The summed E-state index contributed by atoms with van der Waals surface area (Å²) in [6.45, 7) is 5.06. The summed E-state index contributed by atoms with van der Waals surface area (Å²) in [6, 6.07) is 0. The number of rotatable bonds is 3. The fourth-order valence-electron chi connectivity index (χ4n) is 2.79. The van der Waals surface area contributed by atoms with Crippen molar-refractivity contribution in [3.63, 3.8) is 0 Å². The number of hydrogen-bond donors (Lipinski definition) is 1. The third-order valence-electron chi connectivity index (χ3n) is 4.26. The molecule has 2 fully saturated rings. The van der Waals surface area contributed by atoms with Gasteiger partial charge in [-0.25, -0.2) is 0 Å². The molecule has 0 bridgehead atoms. The lowest BCUT2D eigenvalue weighted by atomic mass is 9.51. The molecule has 1 saturated carbocycles. The second-order valence-electron chi connectivity index (χ2n) is 4.46. The molecule has 0 amide bonds. The molecule has 0 atom stereocenters. The largest absolute Gasteiger partial charge is 0.380 e. The van der Waals surface area contributed by atoms with Gasteiger partial charge in [0.05, 0.1) is 13.2 Å². The first-order chi connectivity index (χ1) is 5.79. The van der Waals surface area contributed by atoms with Gasteiger partial charge in [0.25, 0.3) is 0 Å². The van der Waals surface area contributed by atoms with Crippen LogP contribution in [-0.2, 0) is 4.74 Å².